The number of rotatable bonds is 8. The smallest absolute Gasteiger partial charge is 0.237 e. The summed E-state index contributed by atoms with van der Waals surface area (Å²) in [6.45, 7) is 2.38. The number of aromatic nitrogens is 2. The molecule has 0 radical (unpaired) electrons. The van der Waals surface area contributed by atoms with Crippen molar-refractivity contribution in [2.45, 2.75) is 22.9 Å². The van der Waals surface area contributed by atoms with E-state index in [2.05, 4.69) is 26.9 Å². The summed E-state index contributed by atoms with van der Waals surface area (Å²) in [6.07, 6.45) is 0.896. The first-order chi connectivity index (χ1) is 13.0. The molecule has 3 aromatic rings. The molecule has 0 aliphatic carbocycles. The van der Waals surface area contributed by atoms with Crippen LogP contribution in [0.25, 0.3) is 0 Å². The predicted octanol–water partition coefficient (Wildman–Crippen LogP) is 4.65. The number of hydrogen-bond acceptors (Lipinski definition) is 7. The molecule has 1 atom stereocenters. The van der Waals surface area contributed by atoms with E-state index in [1.165, 1.54) is 34.0 Å². The molecule has 27 heavy (non-hydrogen) atoms. The van der Waals surface area contributed by atoms with Gasteiger partial charge in [0.05, 0.1) is 5.25 Å². The number of carbonyl (C=O) groups is 1. The largest absolute Gasteiger partial charge is 0.360 e. The number of hydrogen-bond donors (Lipinski definition) is 2. The fourth-order valence-corrected chi connectivity index (χ4v) is 4.75. The summed E-state index contributed by atoms with van der Waals surface area (Å²) in [5.41, 5.74) is -0.442. The molecule has 142 valence electrons. The molecule has 0 aliphatic heterocycles. The molecular weight excluding hydrogens is 410 g/mol. The third kappa shape index (κ3) is 5.47. The van der Waals surface area contributed by atoms with E-state index in [1.54, 1.807) is 18.3 Å². The van der Waals surface area contributed by atoms with Gasteiger partial charge < -0.3 is 10.6 Å². The molecule has 2 aromatic heterocycles. The fraction of sp³-hybridized carbons (Fsp3) is 0.235. The first-order valence-corrected chi connectivity index (χ1v) is 10.6. The van der Waals surface area contributed by atoms with E-state index in [9.17, 15) is 13.6 Å². The summed E-state index contributed by atoms with van der Waals surface area (Å²) >= 11 is 4.22. The standard InChI is InChI=1S/C17H16F2N4OS3/c1-10(15(24)21-14-12(18)5-2-6-13(14)19)26-17-23-22-16(27-17)20-8-7-11-4-3-9-25-11/h2-6,9-10H,7-8H2,1H3,(H,20,22)(H,21,24)/t10-/m1/s1. The second kappa shape index (κ2) is 9.25. The normalized spacial score (nSPS) is 12.0. The molecule has 0 fully saturated rings. The van der Waals surface area contributed by atoms with Crippen LogP contribution in [0.5, 0.6) is 0 Å². The van der Waals surface area contributed by atoms with E-state index in [-0.39, 0.29) is 0 Å². The number of thiophene rings is 1. The van der Waals surface area contributed by atoms with Gasteiger partial charge in [-0.1, -0.05) is 35.2 Å². The van der Waals surface area contributed by atoms with Crippen LogP contribution < -0.4 is 10.6 Å². The summed E-state index contributed by atoms with van der Waals surface area (Å²) in [6, 6.07) is 7.52. The van der Waals surface area contributed by atoms with E-state index >= 15 is 0 Å². The van der Waals surface area contributed by atoms with Gasteiger partial charge in [0.2, 0.25) is 11.0 Å². The number of amides is 1. The average Bonchev–Trinajstić information content (AvgIpc) is 3.30. The van der Waals surface area contributed by atoms with Crippen LogP contribution in [0, 0.1) is 11.6 Å². The Morgan fingerprint density at radius 1 is 1.22 bits per heavy atom. The molecule has 2 heterocycles. The maximum atomic E-state index is 13.6. The number of nitrogens with zero attached hydrogens (tertiary/aromatic N) is 2. The van der Waals surface area contributed by atoms with E-state index < -0.39 is 28.5 Å². The second-order valence-corrected chi connectivity index (χ2v) is 9.07. The summed E-state index contributed by atoms with van der Waals surface area (Å²) in [5, 5.41) is 15.7. The van der Waals surface area contributed by atoms with Gasteiger partial charge in [-0.2, -0.15) is 0 Å². The minimum Gasteiger partial charge on any atom is -0.360 e. The van der Waals surface area contributed by atoms with E-state index in [0.717, 1.165) is 25.1 Å². The molecule has 0 unspecified atom stereocenters. The van der Waals surface area contributed by atoms with Gasteiger partial charge in [-0.05, 0) is 36.9 Å². The van der Waals surface area contributed by atoms with Crippen LogP contribution in [-0.4, -0.2) is 27.9 Å². The van der Waals surface area contributed by atoms with Crippen molar-refractivity contribution in [1.82, 2.24) is 10.2 Å². The number of para-hydroxylation sites is 1. The molecule has 0 spiro atoms. The zero-order valence-corrected chi connectivity index (χ0v) is 16.7. The lowest BCUT2D eigenvalue weighted by atomic mass is 10.3. The molecule has 3 rings (SSSR count). The van der Waals surface area contributed by atoms with Crippen molar-refractivity contribution in [2.24, 2.45) is 0 Å². The molecule has 1 aromatic carbocycles. The summed E-state index contributed by atoms with van der Waals surface area (Å²) in [5.74, 6) is -2.13. The maximum absolute atomic E-state index is 13.6. The van der Waals surface area contributed by atoms with Crippen molar-refractivity contribution < 1.29 is 13.6 Å². The lowest BCUT2D eigenvalue weighted by Crippen LogP contribution is -2.23. The van der Waals surface area contributed by atoms with Crippen molar-refractivity contribution in [1.29, 1.82) is 0 Å². The Labute approximate surface area is 167 Å². The molecule has 10 heteroatoms. The van der Waals surface area contributed by atoms with Gasteiger partial charge in [-0.15, -0.1) is 21.5 Å². The Hall–Kier alpha value is -2.04. The van der Waals surface area contributed by atoms with Gasteiger partial charge in [0.25, 0.3) is 0 Å². The monoisotopic (exact) mass is 426 g/mol. The number of halogens is 2. The molecule has 2 N–H and O–H groups in total. The average molecular weight is 427 g/mol. The molecular formula is C17H16F2N4OS3. The van der Waals surface area contributed by atoms with Crippen LogP contribution >= 0.6 is 34.4 Å². The van der Waals surface area contributed by atoms with Crippen LogP contribution in [0.1, 0.15) is 11.8 Å². The maximum Gasteiger partial charge on any atom is 0.237 e. The zero-order chi connectivity index (χ0) is 19.2. The van der Waals surface area contributed by atoms with Crippen LogP contribution in [0.15, 0.2) is 40.1 Å². The van der Waals surface area contributed by atoms with E-state index in [1.807, 2.05) is 11.4 Å². The number of nitrogens with one attached hydrogen (secondary N) is 2. The quantitative estimate of drug-likeness (QED) is 0.513. The molecule has 0 saturated carbocycles. The number of benzene rings is 1. The minimum atomic E-state index is -0.811. The molecule has 0 aliphatic rings. The third-order valence-electron chi connectivity index (χ3n) is 3.49. The highest BCUT2D eigenvalue weighted by atomic mass is 32.2. The highest BCUT2D eigenvalue weighted by Gasteiger charge is 2.20. The molecule has 0 bridgehead atoms. The predicted molar refractivity (Wildman–Crippen MR) is 107 cm³/mol. The van der Waals surface area contributed by atoms with Crippen molar-refractivity contribution in [3.8, 4) is 0 Å². The first kappa shape index (κ1) is 19.7. The summed E-state index contributed by atoms with van der Waals surface area (Å²) < 4.78 is 27.9. The minimum absolute atomic E-state index is 0.442. The molecule has 5 nitrogen and oxygen atoms in total. The molecule has 1 amide bonds. The van der Waals surface area contributed by atoms with Crippen molar-refractivity contribution in [3.63, 3.8) is 0 Å². The lowest BCUT2D eigenvalue weighted by Gasteiger charge is -2.11. The lowest BCUT2D eigenvalue weighted by molar-refractivity contribution is -0.115. The van der Waals surface area contributed by atoms with Gasteiger partial charge in [-0.25, -0.2) is 8.78 Å². The van der Waals surface area contributed by atoms with Crippen LogP contribution in [0.4, 0.5) is 19.6 Å². The van der Waals surface area contributed by atoms with Gasteiger partial charge >= 0.3 is 0 Å². The van der Waals surface area contributed by atoms with E-state index in [4.69, 9.17) is 0 Å². The van der Waals surface area contributed by atoms with Gasteiger partial charge in [-0.3, -0.25) is 4.79 Å². The van der Waals surface area contributed by atoms with Gasteiger partial charge in [0, 0.05) is 11.4 Å². The second-order valence-electron chi connectivity index (χ2n) is 5.48. The third-order valence-corrected chi connectivity index (χ3v) is 6.49. The number of thioether (sulfide) groups is 1. The van der Waals surface area contributed by atoms with Crippen molar-refractivity contribution in [2.75, 3.05) is 17.2 Å². The van der Waals surface area contributed by atoms with Crippen LogP contribution in [-0.2, 0) is 11.2 Å². The van der Waals surface area contributed by atoms with Crippen molar-refractivity contribution in [3.05, 3.63) is 52.2 Å². The fourth-order valence-electron chi connectivity index (χ4n) is 2.12. The summed E-state index contributed by atoms with van der Waals surface area (Å²) in [7, 11) is 0. The highest BCUT2D eigenvalue weighted by Crippen LogP contribution is 2.30. The number of anilines is 2. The number of carbonyl (C=O) groups excluding carboxylic acids is 1. The van der Waals surface area contributed by atoms with E-state index in [0.29, 0.717) is 9.47 Å². The Morgan fingerprint density at radius 2 is 2.00 bits per heavy atom. The Kier molecular flexibility index (Phi) is 6.75. The van der Waals surface area contributed by atoms with Crippen molar-refractivity contribution >= 4 is 51.2 Å². The summed E-state index contributed by atoms with van der Waals surface area (Å²) in [4.78, 5) is 13.5. The SMILES string of the molecule is C[C@@H](Sc1nnc(NCCc2cccs2)s1)C(=O)Nc1c(F)cccc1F. The van der Waals surface area contributed by atoms with Gasteiger partial charge in [0.1, 0.15) is 17.3 Å². The van der Waals surface area contributed by atoms with Gasteiger partial charge in [0.15, 0.2) is 4.34 Å². The van der Waals surface area contributed by atoms with Crippen LogP contribution in [0.2, 0.25) is 0 Å². The van der Waals surface area contributed by atoms with Crippen LogP contribution in [0.3, 0.4) is 0 Å². The Bertz CT molecular complexity index is 881. The Morgan fingerprint density at radius 3 is 2.70 bits per heavy atom. The Balaban J connectivity index is 1.51. The first-order valence-electron chi connectivity index (χ1n) is 8.04. The topological polar surface area (TPSA) is 66.9 Å². The molecule has 0 saturated heterocycles. The highest BCUT2D eigenvalue weighted by molar-refractivity contribution is 8.02. The zero-order valence-electron chi connectivity index (χ0n) is 14.2.